The highest BCUT2D eigenvalue weighted by atomic mass is 32.1. The zero-order valence-corrected chi connectivity index (χ0v) is 16.0. The average Bonchev–Trinajstić information content (AvgIpc) is 3.22. The second kappa shape index (κ2) is 7.84. The standard InChI is InChI=1S/C22H21NO3S/c1-2-23(15-17-9-6-10-19-20(17)26-13-12-25-19)22(24)21-18(11-14-27-21)16-7-4-3-5-8-16/h3-11,14H,2,12-13,15H2,1H3. The molecule has 0 fully saturated rings. The molecule has 2 heterocycles. The maximum atomic E-state index is 13.3. The van der Waals surface area contributed by atoms with Gasteiger partial charge in [0.05, 0.1) is 4.88 Å². The van der Waals surface area contributed by atoms with Crippen molar-refractivity contribution in [1.82, 2.24) is 4.90 Å². The molecule has 3 aromatic rings. The van der Waals surface area contributed by atoms with Crippen LogP contribution in [0.4, 0.5) is 0 Å². The molecule has 0 atom stereocenters. The number of thiophene rings is 1. The summed E-state index contributed by atoms with van der Waals surface area (Å²) in [6, 6.07) is 17.9. The second-order valence-electron chi connectivity index (χ2n) is 6.29. The van der Waals surface area contributed by atoms with E-state index in [-0.39, 0.29) is 5.91 Å². The molecule has 0 spiro atoms. The monoisotopic (exact) mass is 379 g/mol. The molecule has 4 nitrogen and oxygen atoms in total. The lowest BCUT2D eigenvalue weighted by Gasteiger charge is -2.25. The van der Waals surface area contributed by atoms with Crippen LogP contribution in [0.1, 0.15) is 22.2 Å². The van der Waals surface area contributed by atoms with Gasteiger partial charge in [-0.3, -0.25) is 4.79 Å². The molecule has 1 aliphatic rings. The van der Waals surface area contributed by atoms with E-state index in [0.29, 0.717) is 26.3 Å². The molecule has 5 heteroatoms. The summed E-state index contributed by atoms with van der Waals surface area (Å²) >= 11 is 1.49. The van der Waals surface area contributed by atoms with E-state index in [1.807, 2.05) is 71.8 Å². The third-order valence-electron chi connectivity index (χ3n) is 4.62. The molecule has 0 N–H and O–H groups in total. The van der Waals surface area contributed by atoms with E-state index < -0.39 is 0 Å². The Morgan fingerprint density at radius 3 is 2.67 bits per heavy atom. The van der Waals surface area contributed by atoms with Crippen LogP contribution < -0.4 is 9.47 Å². The van der Waals surface area contributed by atoms with E-state index in [9.17, 15) is 4.79 Å². The zero-order valence-electron chi connectivity index (χ0n) is 15.2. The van der Waals surface area contributed by atoms with Crippen LogP contribution in [0.15, 0.2) is 60.0 Å². The van der Waals surface area contributed by atoms with Gasteiger partial charge < -0.3 is 14.4 Å². The molecular weight excluding hydrogens is 358 g/mol. The number of nitrogens with zero attached hydrogens (tertiary/aromatic N) is 1. The minimum Gasteiger partial charge on any atom is -0.486 e. The predicted octanol–water partition coefficient (Wildman–Crippen LogP) is 4.85. The summed E-state index contributed by atoms with van der Waals surface area (Å²) in [5, 5.41) is 1.98. The molecule has 0 radical (unpaired) electrons. The van der Waals surface area contributed by atoms with Gasteiger partial charge >= 0.3 is 0 Å². The summed E-state index contributed by atoms with van der Waals surface area (Å²) in [6.45, 7) is 4.21. The van der Waals surface area contributed by atoms with Gasteiger partial charge in [0.25, 0.3) is 5.91 Å². The van der Waals surface area contributed by atoms with Crippen molar-refractivity contribution in [1.29, 1.82) is 0 Å². The van der Waals surface area contributed by atoms with Crippen LogP contribution in [0.3, 0.4) is 0 Å². The van der Waals surface area contributed by atoms with Gasteiger partial charge in [0.2, 0.25) is 0 Å². The van der Waals surface area contributed by atoms with Gasteiger partial charge in [0.15, 0.2) is 11.5 Å². The normalized spacial score (nSPS) is 12.6. The number of benzene rings is 2. The number of para-hydroxylation sites is 1. The summed E-state index contributed by atoms with van der Waals surface area (Å²) in [4.78, 5) is 15.9. The van der Waals surface area contributed by atoms with Crippen molar-refractivity contribution in [2.45, 2.75) is 13.5 Å². The van der Waals surface area contributed by atoms with Gasteiger partial charge in [-0.05, 0) is 30.0 Å². The maximum Gasteiger partial charge on any atom is 0.264 e. The van der Waals surface area contributed by atoms with E-state index in [1.54, 1.807) is 0 Å². The molecule has 138 valence electrons. The van der Waals surface area contributed by atoms with Crippen LogP contribution in [-0.4, -0.2) is 30.6 Å². The number of fused-ring (bicyclic) bond motifs is 1. The van der Waals surface area contributed by atoms with Crippen LogP contribution >= 0.6 is 11.3 Å². The number of amides is 1. The molecule has 0 saturated heterocycles. The Hall–Kier alpha value is -2.79. The lowest BCUT2D eigenvalue weighted by Crippen LogP contribution is -2.30. The summed E-state index contributed by atoms with van der Waals surface area (Å²) in [7, 11) is 0. The number of ether oxygens (including phenoxy) is 2. The van der Waals surface area contributed by atoms with Crippen LogP contribution in [0.5, 0.6) is 11.5 Å². The Bertz CT molecular complexity index is 936. The van der Waals surface area contributed by atoms with Gasteiger partial charge in [-0.25, -0.2) is 0 Å². The van der Waals surface area contributed by atoms with Crippen molar-refractivity contribution >= 4 is 17.2 Å². The second-order valence-corrected chi connectivity index (χ2v) is 7.21. The molecule has 1 aromatic heterocycles. The molecule has 1 amide bonds. The Labute approximate surface area is 163 Å². The Balaban J connectivity index is 1.61. The van der Waals surface area contributed by atoms with Crippen molar-refractivity contribution in [3.8, 4) is 22.6 Å². The van der Waals surface area contributed by atoms with E-state index in [1.165, 1.54) is 11.3 Å². The van der Waals surface area contributed by atoms with E-state index in [4.69, 9.17) is 9.47 Å². The first-order valence-corrected chi connectivity index (χ1v) is 9.95. The smallest absolute Gasteiger partial charge is 0.264 e. The summed E-state index contributed by atoms with van der Waals surface area (Å²) in [5.74, 6) is 1.55. The number of carbonyl (C=O) groups is 1. The fraction of sp³-hybridized carbons (Fsp3) is 0.227. The number of rotatable bonds is 5. The third-order valence-corrected chi connectivity index (χ3v) is 5.52. The molecule has 1 aliphatic heterocycles. The lowest BCUT2D eigenvalue weighted by atomic mass is 10.1. The SMILES string of the molecule is CCN(Cc1cccc2c1OCCO2)C(=O)c1sccc1-c1ccccc1. The topological polar surface area (TPSA) is 38.8 Å². The first kappa shape index (κ1) is 17.6. The van der Waals surface area contributed by atoms with Gasteiger partial charge in [0, 0.05) is 24.2 Å². The molecule has 2 aromatic carbocycles. The van der Waals surface area contributed by atoms with Crippen LogP contribution in [0.2, 0.25) is 0 Å². The first-order valence-electron chi connectivity index (χ1n) is 9.07. The minimum atomic E-state index is 0.0423. The lowest BCUT2D eigenvalue weighted by molar-refractivity contribution is 0.0754. The Morgan fingerprint density at radius 2 is 1.85 bits per heavy atom. The summed E-state index contributed by atoms with van der Waals surface area (Å²) in [5.41, 5.74) is 3.02. The van der Waals surface area contributed by atoms with E-state index in [2.05, 4.69) is 0 Å². The number of hydrogen-bond acceptors (Lipinski definition) is 4. The van der Waals surface area contributed by atoms with Crippen molar-refractivity contribution in [2.75, 3.05) is 19.8 Å². The summed E-state index contributed by atoms with van der Waals surface area (Å²) < 4.78 is 11.5. The first-order chi connectivity index (χ1) is 13.3. The zero-order chi connectivity index (χ0) is 18.6. The molecule has 0 aliphatic carbocycles. The molecule has 4 rings (SSSR count). The Kier molecular flexibility index (Phi) is 5.12. The van der Waals surface area contributed by atoms with Gasteiger partial charge in [-0.1, -0.05) is 42.5 Å². The van der Waals surface area contributed by atoms with Crippen LogP contribution in [-0.2, 0) is 6.54 Å². The third kappa shape index (κ3) is 3.55. The van der Waals surface area contributed by atoms with Crippen LogP contribution in [0.25, 0.3) is 11.1 Å². The molecule has 27 heavy (non-hydrogen) atoms. The van der Waals surface area contributed by atoms with E-state index in [0.717, 1.165) is 33.1 Å². The van der Waals surface area contributed by atoms with Crippen molar-refractivity contribution in [2.24, 2.45) is 0 Å². The fourth-order valence-corrected chi connectivity index (χ4v) is 4.14. The largest absolute Gasteiger partial charge is 0.486 e. The van der Waals surface area contributed by atoms with Crippen LogP contribution in [0, 0.1) is 0 Å². The quantitative estimate of drug-likeness (QED) is 0.636. The van der Waals surface area contributed by atoms with Crippen molar-refractivity contribution in [3.63, 3.8) is 0 Å². The molecule has 0 bridgehead atoms. The number of hydrogen-bond donors (Lipinski definition) is 0. The van der Waals surface area contributed by atoms with Crippen molar-refractivity contribution in [3.05, 3.63) is 70.4 Å². The molecule has 0 unspecified atom stereocenters. The minimum absolute atomic E-state index is 0.0423. The average molecular weight is 379 g/mol. The molecule has 0 saturated carbocycles. The fourth-order valence-electron chi connectivity index (χ4n) is 3.25. The highest BCUT2D eigenvalue weighted by Gasteiger charge is 2.23. The summed E-state index contributed by atoms with van der Waals surface area (Å²) in [6.07, 6.45) is 0. The van der Waals surface area contributed by atoms with Gasteiger partial charge in [0.1, 0.15) is 13.2 Å². The van der Waals surface area contributed by atoms with Gasteiger partial charge in [-0.15, -0.1) is 11.3 Å². The highest BCUT2D eigenvalue weighted by Crippen LogP contribution is 2.35. The van der Waals surface area contributed by atoms with Crippen molar-refractivity contribution < 1.29 is 14.3 Å². The maximum absolute atomic E-state index is 13.3. The highest BCUT2D eigenvalue weighted by molar-refractivity contribution is 7.12. The van der Waals surface area contributed by atoms with Gasteiger partial charge in [-0.2, -0.15) is 0 Å². The Morgan fingerprint density at radius 1 is 1.04 bits per heavy atom. The van der Waals surface area contributed by atoms with E-state index >= 15 is 0 Å². The molecular formula is C22H21NO3S. The number of carbonyl (C=O) groups excluding carboxylic acids is 1. The predicted molar refractivity (Wildman–Crippen MR) is 108 cm³/mol.